The van der Waals surface area contributed by atoms with E-state index < -0.39 is 36.3 Å². The van der Waals surface area contributed by atoms with Crippen LogP contribution < -0.4 is 4.74 Å². The molecule has 0 spiro atoms. The van der Waals surface area contributed by atoms with Crippen molar-refractivity contribution >= 4 is 13.7 Å². The topological polar surface area (TPSA) is 75.6 Å². The van der Waals surface area contributed by atoms with Crippen LogP contribution in [0.5, 0.6) is 5.75 Å². The van der Waals surface area contributed by atoms with Gasteiger partial charge in [-0.3, -0.25) is 13.6 Å². The predicted molar refractivity (Wildman–Crippen MR) is 150 cm³/mol. The first-order valence-corrected chi connectivity index (χ1v) is 15.0. The zero-order valence-electron chi connectivity index (χ0n) is 24.9. The molecule has 0 radical (unpaired) electrons. The van der Waals surface area contributed by atoms with Crippen LogP contribution in [0, 0.1) is 11.8 Å². The lowest BCUT2D eigenvalue weighted by molar-refractivity contribution is -0.139. The van der Waals surface area contributed by atoms with Crippen molar-refractivity contribution in [3.8, 4) is 17.6 Å². The molecule has 0 fully saturated rings. The third-order valence-electron chi connectivity index (χ3n) is 5.42. The van der Waals surface area contributed by atoms with E-state index in [1.807, 2.05) is 6.92 Å². The van der Waals surface area contributed by atoms with E-state index in [9.17, 15) is 17.7 Å². The van der Waals surface area contributed by atoms with Gasteiger partial charge in [-0.1, -0.05) is 18.9 Å². The van der Waals surface area contributed by atoms with Gasteiger partial charge in [0.15, 0.2) is 5.90 Å². The van der Waals surface area contributed by atoms with E-state index >= 15 is 0 Å². The molecule has 1 unspecified atom stereocenters. The molecule has 0 N–H and O–H groups in total. The van der Waals surface area contributed by atoms with Crippen molar-refractivity contribution in [2.75, 3.05) is 19.8 Å². The molecule has 11 heteroatoms. The lowest BCUT2D eigenvalue weighted by atomic mass is 9.93. The number of hydrogen-bond donors (Lipinski definition) is 0. The molecule has 0 bridgehead atoms. The summed E-state index contributed by atoms with van der Waals surface area (Å²) in [5.74, 6) is 6.03. The largest absolute Gasteiger partial charge is 0.492 e. The Kier molecular flexibility index (Phi) is 11.7. The normalized spacial score (nSPS) is 18.1. The predicted octanol–water partition coefficient (Wildman–Crippen LogP) is 8.15. The molecular weight excluding hydrogens is 546 g/mol. The van der Waals surface area contributed by atoms with Gasteiger partial charge in [0.2, 0.25) is 0 Å². The Hall–Kier alpha value is -2.05. The average molecular weight is 590 g/mol. The number of aliphatic imine (C=N–C) groups is 1. The molecule has 0 aliphatic carbocycles. The average Bonchev–Trinajstić information content (AvgIpc) is 3.17. The molecular formula is C29H43F3NO6P. The molecule has 0 amide bonds. The molecule has 0 saturated heterocycles. The van der Waals surface area contributed by atoms with Crippen molar-refractivity contribution in [2.45, 2.75) is 110 Å². The lowest BCUT2D eigenvalue weighted by Crippen LogP contribution is -2.36. The Morgan fingerprint density at radius 2 is 1.68 bits per heavy atom. The van der Waals surface area contributed by atoms with Gasteiger partial charge in [0, 0.05) is 19.8 Å². The first-order chi connectivity index (χ1) is 18.4. The standard InChI is InChI=1S/C29H43F3NO6P/c1-9-10-11-12-13-18-35-25-15-14-23(19-24(25)29(30,31)32)16-17-28(20-36-22(2)33-28)21-37-40(34,38-26(3,4)5)39-27(6,7)8/h14-15,19H,9-10,13,16-18,20-21H2,1-8H3. The minimum absolute atomic E-state index is 0.0677. The fourth-order valence-corrected chi connectivity index (χ4v) is 5.71. The number of hydrogen-bond acceptors (Lipinski definition) is 7. The van der Waals surface area contributed by atoms with Gasteiger partial charge in [-0.05, 0) is 78.5 Å². The number of nitrogens with zero attached hydrogens (tertiary/aromatic N) is 1. The van der Waals surface area contributed by atoms with E-state index in [-0.39, 0.29) is 38.4 Å². The van der Waals surface area contributed by atoms with Crippen molar-refractivity contribution in [1.29, 1.82) is 0 Å². The van der Waals surface area contributed by atoms with Crippen LogP contribution in [-0.4, -0.2) is 42.5 Å². The third-order valence-corrected chi connectivity index (χ3v) is 7.41. The Morgan fingerprint density at radius 1 is 1.05 bits per heavy atom. The molecule has 0 aromatic heterocycles. The number of phosphoric acid groups is 1. The maximum atomic E-state index is 13.9. The van der Waals surface area contributed by atoms with Crippen LogP contribution in [0.1, 0.15) is 92.2 Å². The van der Waals surface area contributed by atoms with E-state index in [2.05, 4.69) is 16.8 Å². The molecule has 40 heavy (non-hydrogen) atoms. The highest BCUT2D eigenvalue weighted by atomic mass is 31.2. The summed E-state index contributed by atoms with van der Waals surface area (Å²) in [6.45, 7) is 14.1. The van der Waals surface area contributed by atoms with Gasteiger partial charge >= 0.3 is 14.0 Å². The summed E-state index contributed by atoms with van der Waals surface area (Å²) in [5.41, 5.74) is -3.02. The number of phosphoric ester groups is 1. The van der Waals surface area contributed by atoms with Gasteiger partial charge in [0.05, 0.1) is 30.0 Å². The summed E-state index contributed by atoms with van der Waals surface area (Å²) in [6.07, 6.45) is -2.06. The SMILES string of the molecule is CCCC#CCCOc1ccc(CCC2(COP(=O)(OC(C)(C)C)OC(C)(C)C)COC(C)=N2)cc1C(F)(F)F. The van der Waals surface area contributed by atoms with Crippen molar-refractivity contribution < 1.29 is 40.8 Å². The van der Waals surface area contributed by atoms with Crippen LogP contribution in [0.4, 0.5) is 13.2 Å². The molecule has 7 nitrogen and oxygen atoms in total. The second-order valence-corrected chi connectivity index (χ2v) is 13.3. The van der Waals surface area contributed by atoms with Crippen molar-refractivity contribution in [3.05, 3.63) is 29.3 Å². The fourth-order valence-electron chi connectivity index (χ4n) is 3.82. The Balaban J connectivity index is 2.20. The first kappa shape index (κ1) is 34.2. The van der Waals surface area contributed by atoms with Crippen LogP contribution in [0.2, 0.25) is 0 Å². The fraction of sp³-hybridized carbons (Fsp3) is 0.690. The van der Waals surface area contributed by atoms with Gasteiger partial charge in [0.1, 0.15) is 17.9 Å². The van der Waals surface area contributed by atoms with Gasteiger partial charge in [-0.2, -0.15) is 13.2 Å². The lowest BCUT2D eigenvalue weighted by Gasteiger charge is -2.33. The molecule has 0 saturated carbocycles. The van der Waals surface area contributed by atoms with Gasteiger partial charge in [-0.15, -0.1) is 5.92 Å². The number of alkyl halides is 3. The molecule has 226 valence electrons. The van der Waals surface area contributed by atoms with Crippen LogP contribution in [0.25, 0.3) is 0 Å². The number of unbranched alkanes of at least 4 members (excludes halogenated alkanes) is 1. The Labute approximate surface area is 236 Å². The highest BCUT2D eigenvalue weighted by Gasteiger charge is 2.43. The first-order valence-electron chi connectivity index (χ1n) is 13.5. The summed E-state index contributed by atoms with van der Waals surface area (Å²) in [7, 11) is -4.03. The highest BCUT2D eigenvalue weighted by Crippen LogP contribution is 2.56. The van der Waals surface area contributed by atoms with Gasteiger partial charge < -0.3 is 9.47 Å². The van der Waals surface area contributed by atoms with Crippen LogP contribution in [-0.2, 0) is 35.5 Å². The molecule has 1 aliphatic rings. The minimum Gasteiger partial charge on any atom is -0.492 e. The van der Waals surface area contributed by atoms with Crippen molar-refractivity contribution in [1.82, 2.24) is 0 Å². The van der Waals surface area contributed by atoms with E-state index in [4.69, 9.17) is 23.0 Å². The van der Waals surface area contributed by atoms with Gasteiger partial charge in [-0.25, -0.2) is 9.56 Å². The molecule has 1 aromatic carbocycles. The van der Waals surface area contributed by atoms with Crippen molar-refractivity contribution in [2.24, 2.45) is 4.99 Å². The monoisotopic (exact) mass is 589 g/mol. The summed E-state index contributed by atoms with van der Waals surface area (Å²) < 4.78 is 83.3. The van der Waals surface area contributed by atoms with Crippen LogP contribution in [0.15, 0.2) is 23.2 Å². The number of aryl methyl sites for hydroxylation is 1. The number of rotatable bonds is 12. The maximum absolute atomic E-state index is 13.9. The second kappa shape index (κ2) is 13.7. The molecule has 1 aromatic rings. The molecule has 2 rings (SSSR count). The smallest absolute Gasteiger partial charge is 0.475 e. The van der Waals surface area contributed by atoms with Crippen LogP contribution in [0.3, 0.4) is 0 Å². The van der Waals surface area contributed by atoms with Crippen LogP contribution >= 0.6 is 7.82 Å². The number of halogens is 3. The van der Waals surface area contributed by atoms with E-state index in [1.54, 1.807) is 54.5 Å². The van der Waals surface area contributed by atoms with Gasteiger partial charge in [0.25, 0.3) is 0 Å². The highest BCUT2D eigenvalue weighted by molar-refractivity contribution is 7.48. The summed E-state index contributed by atoms with van der Waals surface area (Å²) in [5, 5.41) is 0. The molecule has 1 atom stereocenters. The van der Waals surface area contributed by atoms with Crippen molar-refractivity contribution in [3.63, 3.8) is 0 Å². The maximum Gasteiger partial charge on any atom is 0.475 e. The second-order valence-electron chi connectivity index (χ2n) is 11.8. The zero-order chi connectivity index (χ0) is 30.2. The summed E-state index contributed by atoms with van der Waals surface area (Å²) in [6, 6.07) is 4.03. The molecule has 1 aliphatic heterocycles. The van der Waals surface area contributed by atoms with E-state index in [0.29, 0.717) is 17.9 Å². The summed E-state index contributed by atoms with van der Waals surface area (Å²) in [4.78, 5) is 4.57. The van der Waals surface area contributed by atoms with E-state index in [0.717, 1.165) is 18.9 Å². The molecule has 1 heterocycles. The number of ether oxygens (including phenoxy) is 2. The third kappa shape index (κ3) is 11.8. The summed E-state index contributed by atoms with van der Waals surface area (Å²) >= 11 is 0. The Morgan fingerprint density at radius 3 is 2.20 bits per heavy atom. The quantitative estimate of drug-likeness (QED) is 0.139. The van der Waals surface area contributed by atoms with E-state index in [1.165, 1.54) is 6.07 Å². The zero-order valence-corrected chi connectivity index (χ0v) is 25.8. The Bertz CT molecular complexity index is 1110. The number of benzene rings is 1. The minimum atomic E-state index is -4.59.